The van der Waals surface area contributed by atoms with Crippen LogP contribution in [0.3, 0.4) is 0 Å². The van der Waals surface area contributed by atoms with Crippen LogP contribution in [0.2, 0.25) is 0 Å². The van der Waals surface area contributed by atoms with Gasteiger partial charge < -0.3 is 9.67 Å². The van der Waals surface area contributed by atoms with Crippen LogP contribution in [-0.4, -0.2) is 14.7 Å². The first-order valence-electron chi connectivity index (χ1n) is 6.80. The van der Waals surface area contributed by atoms with Gasteiger partial charge >= 0.3 is 0 Å². The fourth-order valence-corrected chi connectivity index (χ4v) is 3.43. The second-order valence-corrected chi connectivity index (χ2v) is 6.04. The minimum atomic E-state index is -0.603. The molecule has 1 heterocycles. The monoisotopic (exact) mass is 312 g/mol. The Hall–Kier alpha value is -1.40. The zero-order valence-electron chi connectivity index (χ0n) is 12.2. The molecule has 1 aromatic carbocycles. The molecule has 1 N–H and O–H groups in total. The van der Waals surface area contributed by atoms with Crippen molar-refractivity contribution in [2.45, 2.75) is 49.8 Å². The predicted octanol–water partition coefficient (Wildman–Crippen LogP) is 3.95. The van der Waals surface area contributed by atoms with Crippen LogP contribution in [-0.2, 0) is 13.2 Å². The van der Waals surface area contributed by atoms with Gasteiger partial charge in [0, 0.05) is 17.5 Å². The van der Waals surface area contributed by atoms with E-state index in [0.29, 0.717) is 17.3 Å². The van der Waals surface area contributed by atoms with Crippen molar-refractivity contribution in [3.63, 3.8) is 0 Å². The van der Waals surface area contributed by atoms with Crippen molar-refractivity contribution in [3.05, 3.63) is 41.4 Å². The van der Waals surface area contributed by atoms with E-state index < -0.39 is 11.6 Å². The molecule has 0 saturated heterocycles. The molecule has 3 nitrogen and oxygen atoms in total. The second kappa shape index (κ2) is 6.58. The number of halogens is 2. The lowest BCUT2D eigenvalue weighted by molar-refractivity contribution is 0.264. The van der Waals surface area contributed by atoms with Gasteiger partial charge in [0.25, 0.3) is 0 Å². The summed E-state index contributed by atoms with van der Waals surface area (Å²) < 4.78 is 28.5. The highest BCUT2D eigenvalue weighted by molar-refractivity contribution is 7.99. The molecule has 2 rings (SSSR count). The third-order valence-corrected chi connectivity index (χ3v) is 4.17. The smallest absolute Gasteiger partial charge is 0.135 e. The van der Waals surface area contributed by atoms with Crippen LogP contribution in [0.4, 0.5) is 8.78 Å². The molecule has 0 fully saturated rings. The highest BCUT2D eigenvalue weighted by Gasteiger charge is 2.19. The summed E-state index contributed by atoms with van der Waals surface area (Å²) >= 11 is 1.27. The zero-order valence-corrected chi connectivity index (χ0v) is 13.0. The molecule has 0 unspecified atom stereocenters. The van der Waals surface area contributed by atoms with Gasteiger partial charge in [-0.1, -0.05) is 25.6 Å². The molecular formula is C15H18F2N2OS. The maximum Gasteiger partial charge on any atom is 0.135 e. The first kappa shape index (κ1) is 16.0. The van der Waals surface area contributed by atoms with Crippen molar-refractivity contribution in [3.8, 4) is 0 Å². The Balaban J connectivity index is 2.48. The largest absolute Gasteiger partial charge is 0.388 e. The number of hydrogen-bond donors (Lipinski definition) is 1. The molecule has 6 heteroatoms. The summed E-state index contributed by atoms with van der Waals surface area (Å²) in [7, 11) is 0. The molecule has 0 aliphatic rings. The standard InChI is InChI=1S/C15H18F2N2OS/c1-4-19-13(8-20)18-14(9(2)3)15(19)21-12-6-10(16)5-11(17)7-12/h5-7,9,20H,4,8H2,1-3H3. The molecular weight excluding hydrogens is 294 g/mol. The third kappa shape index (κ3) is 3.44. The van der Waals surface area contributed by atoms with Crippen molar-refractivity contribution in [2.75, 3.05) is 0 Å². The number of rotatable bonds is 5. The molecule has 114 valence electrons. The number of hydrogen-bond acceptors (Lipinski definition) is 3. The van der Waals surface area contributed by atoms with E-state index in [1.807, 2.05) is 25.3 Å². The van der Waals surface area contributed by atoms with E-state index in [2.05, 4.69) is 4.98 Å². The molecule has 21 heavy (non-hydrogen) atoms. The maximum absolute atomic E-state index is 13.3. The number of benzene rings is 1. The lowest BCUT2D eigenvalue weighted by atomic mass is 10.1. The fraction of sp³-hybridized carbons (Fsp3) is 0.400. The average molecular weight is 312 g/mol. The Morgan fingerprint density at radius 2 is 1.86 bits per heavy atom. The van der Waals surface area contributed by atoms with Gasteiger partial charge in [-0.2, -0.15) is 0 Å². The summed E-state index contributed by atoms with van der Waals surface area (Å²) in [5.74, 6) is -0.480. The number of aromatic nitrogens is 2. The highest BCUT2D eigenvalue weighted by atomic mass is 32.2. The summed E-state index contributed by atoms with van der Waals surface area (Å²) in [5.41, 5.74) is 0.829. The van der Waals surface area contributed by atoms with E-state index in [-0.39, 0.29) is 12.5 Å². The van der Waals surface area contributed by atoms with Gasteiger partial charge in [-0.15, -0.1) is 0 Å². The van der Waals surface area contributed by atoms with Crippen LogP contribution in [0.5, 0.6) is 0 Å². The van der Waals surface area contributed by atoms with Crippen molar-refractivity contribution < 1.29 is 13.9 Å². The Morgan fingerprint density at radius 3 is 2.33 bits per heavy atom. The van der Waals surface area contributed by atoms with E-state index in [0.717, 1.165) is 16.8 Å². The Kier molecular flexibility index (Phi) is 5.00. The third-order valence-electron chi connectivity index (χ3n) is 3.08. The normalized spacial score (nSPS) is 11.4. The maximum atomic E-state index is 13.3. The lowest BCUT2D eigenvalue weighted by Crippen LogP contribution is -2.03. The van der Waals surface area contributed by atoms with E-state index in [4.69, 9.17) is 0 Å². The van der Waals surface area contributed by atoms with Crippen LogP contribution in [0, 0.1) is 11.6 Å². The molecule has 0 radical (unpaired) electrons. The fourth-order valence-electron chi connectivity index (χ4n) is 2.13. The number of imidazole rings is 1. The summed E-state index contributed by atoms with van der Waals surface area (Å²) in [6, 6.07) is 3.44. The van der Waals surface area contributed by atoms with Crippen molar-refractivity contribution in [2.24, 2.45) is 0 Å². The van der Waals surface area contributed by atoms with Crippen LogP contribution in [0.1, 0.15) is 38.2 Å². The first-order valence-corrected chi connectivity index (χ1v) is 7.62. The Morgan fingerprint density at radius 1 is 1.24 bits per heavy atom. The molecule has 0 bridgehead atoms. The van der Waals surface area contributed by atoms with Crippen molar-refractivity contribution in [1.82, 2.24) is 9.55 Å². The van der Waals surface area contributed by atoms with Gasteiger partial charge in [0.1, 0.15) is 29.1 Å². The summed E-state index contributed by atoms with van der Waals surface area (Å²) in [6.45, 7) is 6.42. The van der Waals surface area contributed by atoms with Crippen molar-refractivity contribution >= 4 is 11.8 Å². The van der Waals surface area contributed by atoms with Gasteiger partial charge in [-0.3, -0.25) is 0 Å². The van der Waals surface area contributed by atoms with E-state index >= 15 is 0 Å². The van der Waals surface area contributed by atoms with E-state index in [1.165, 1.54) is 23.9 Å². The predicted molar refractivity (Wildman–Crippen MR) is 78.4 cm³/mol. The quantitative estimate of drug-likeness (QED) is 0.908. The zero-order chi connectivity index (χ0) is 15.6. The molecule has 0 amide bonds. The Bertz CT molecular complexity index is 621. The molecule has 1 aromatic heterocycles. The summed E-state index contributed by atoms with van der Waals surface area (Å²) in [4.78, 5) is 4.92. The van der Waals surface area contributed by atoms with Crippen molar-refractivity contribution in [1.29, 1.82) is 0 Å². The van der Waals surface area contributed by atoms with Gasteiger partial charge in [0.05, 0.1) is 5.69 Å². The minimum Gasteiger partial charge on any atom is -0.388 e. The summed E-state index contributed by atoms with van der Waals surface area (Å²) in [6.07, 6.45) is 0. The van der Waals surface area contributed by atoms with Gasteiger partial charge in [-0.05, 0) is 25.0 Å². The number of aliphatic hydroxyl groups excluding tert-OH is 1. The lowest BCUT2D eigenvalue weighted by Gasteiger charge is -2.11. The number of aliphatic hydroxyl groups is 1. The molecule has 0 aliphatic carbocycles. The van der Waals surface area contributed by atoms with Gasteiger partial charge in [0.2, 0.25) is 0 Å². The molecule has 0 saturated carbocycles. The molecule has 0 aliphatic heterocycles. The second-order valence-electron chi connectivity index (χ2n) is 4.98. The highest BCUT2D eigenvalue weighted by Crippen LogP contribution is 2.35. The van der Waals surface area contributed by atoms with Crippen LogP contribution in [0.25, 0.3) is 0 Å². The summed E-state index contributed by atoms with van der Waals surface area (Å²) in [5, 5.41) is 10.2. The topological polar surface area (TPSA) is 38.0 Å². The van der Waals surface area contributed by atoms with E-state index in [1.54, 1.807) is 0 Å². The molecule has 2 aromatic rings. The minimum absolute atomic E-state index is 0.156. The van der Waals surface area contributed by atoms with Crippen LogP contribution in [0.15, 0.2) is 28.1 Å². The first-order chi connectivity index (χ1) is 9.96. The SMILES string of the molecule is CCn1c(CO)nc(C(C)C)c1Sc1cc(F)cc(F)c1. The van der Waals surface area contributed by atoms with Crippen LogP contribution < -0.4 is 0 Å². The average Bonchev–Trinajstić information content (AvgIpc) is 2.75. The van der Waals surface area contributed by atoms with Gasteiger partial charge in [0.15, 0.2) is 0 Å². The van der Waals surface area contributed by atoms with E-state index in [9.17, 15) is 13.9 Å². The molecule has 0 atom stereocenters. The molecule has 0 spiro atoms. The number of nitrogens with zero attached hydrogens (tertiary/aromatic N) is 2. The van der Waals surface area contributed by atoms with Gasteiger partial charge in [-0.25, -0.2) is 13.8 Å². The Labute approximate surface area is 127 Å². The van der Waals surface area contributed by atoms with Crippen LogP contribution >= 0.6 is 11.8 Å².